The smallest absolute Gasteiger partial charge is 0.246 e. The molecule has 3 unspecified atom stereocenters. The van der Waals surface area contributed by atoms with Crippen LogP contribution in [0.1, 0.15) is 25.7 Å². The van der Waals surface area contributed by atoms with Gasteiger partial charge in [0.25, 0.3) is 0 Å². The first-order chi connectivity index (χ1) is 11.0. The van der Waals surface area contributed by atoms with E-state index < -0.39 is 23.9 Å². The number of ether oxygens (including phenoxy) is 3. The molecular formula is C15H27NO7. The Kier molecular flexibility index (Phi) is 7.19. The van der Waals surface area contributed by atoms with Gasteiger partial charge in [-0.15, -0.1) is 0 Å². The van der Waals surface area contributed by atoms with Crippen LogP contribution in [0.4, 0.5) is 0 Å². The van der Waals surface area contributed by atoms with E-state index in [-0.39, 0.29) is 25.7 Å². The van der Waals surface area contributed by atoms with E-state index in [1.54, 1.807) is 0 Å². The summed E-state index contributed by atoms with van der Waals surface area (Å²) in [6.45, 7) is 1.28. The molecule has 1 saturated carbocycles. The highest BCUT2D eigenvalue weighted by molar-refractivity contribution is 5.77. The van der Waals surface area contributed by atoms with E-state index in [4.69, 9.17) is 14.2 Å². The average Bonchev–Trinajstić information content (AvgIpc) is 2.50. The lowest BCUT2D eigenvalue weighted by Gasteiger charge is -2.36. The summed E-state index contributed by atoms with van der Waals surface area (Å²) in [5.74, 6) is -0.321. The first kappa shape index (κ1) is 18.6. The number of aliphatic hydroxyl groups excluding tert-OH is 2. The fourth-order valence-electron chi connectivity index (χ4n) is 2.58. The molecule has 8 heteroatoms. The van der Waals surface area contributed by atoms with E-state index in [2.05, 4.69) is 5.32 Å². The monoisotopic (exact) mass is 333 g/mol. The van der Waals surface area contributed by atoms with Crippen LogP contribution < -0.4 is 5.32 Å². The summed E-state index contributed by atoms with van der Waals surface area (Å²) in [6.07, 6.45) is 0.575. The van der Waals surface area contributed by atoms with Crippen molar-refractivity contribution in [3.8, 4) is 0 Å². The number of rotatable bonds is 9. The molecule has 2 aliphatic rings. The molecule has 1 heterocycles. The Morgan fingerprint density at radius 3 is 2.70 bits per heavy atom. The minimum atomic E-state index is -0.990. The SMILES string of the molecule is O=C(COCCOCC1(O)CCC1)NCC1OCCC(O)C1O. The molecule has 0 radical (unpaired) electrons. The van der Waals surface area contributed by atoms with Gasteiger partial charge in [0.1, 0.15) is 18.8 Å². The molecule has 0 bridgehead atoms. The fraction of sp³-hybridized carbons (Fsp3) is 0.933. The van der Waals surface area contributed by atoms with Crippen molar-refractivity contribution in [1.82, 2.24) is 5.32 Å². The quantitative estimate of drug-likeness (QED) is 0.382. The lowest BCUT2D eigenvalue weighted by atomic mass is 9.81. The van der Waals surface area contributed by atoms with Gasteiger partial charge in [0.15, 0.2) is 0 Å². The Morgan fingerprint density at radius 1 is 1.26 bits per heavy atom. The molecular weight excluding hydrogens is 306 g/mol. The molecule has 1 amide bonds. The predicted octanol–water partition coefficient (Wildman–Crippen LogP) is -1.44. The van der Waals surface area contributed by atoms with Gasteiger partial charge >= 0.3 is 0 Å². The van der Waals surface area contributed by atoms with E-state index in [0.29, 0.717) is 26.2 Å². The largest absolute Gasteiger partial charge is 0.390 e. The molecule has 0 aromatic carbocycles. The van der Waals surface area contributed by atoms with E-state index in [1.807, 2.05) is 0 Å². The fourth-order valence-corrected chi connectivity index (χ4v) is 2.58. The average molecular weight is 333 g/mol. The van der Waals surface area contributed by atoms with Crippen molar-refractivity contribution < 1.29 is 34.3 Å². The van der Waals surface area contributed by atoms with Gasteiger partial charge in [0.05, 0.1) is 31.5 Å². The van der Waals surface area contributed by atoms with Crippen LogP contribution in [0.2, 0.25) is 0 Å². The van der Waals surface area contributed by atoms with Crippen molar-refractivity contribution in [1.29, 1.82) is 0 Å². The molecule has 0 spiro atoms. The third-order valence-electron chi connectivity index (χ3n) is 4.28. The van der Waals surface area contributed by atoms with Crippen molar-refractivity contribution >= 4 is 5.91 Å². The van der Waals surface area contributed by atoms with Crippen molar-refractivity contribution in [3.05, 3.63) is 0 Å². The molecule has 0 aromatic rings. The standard InChI is InChI=1S/C15H27NO7/c17-11-2-5-23-12(14(11)19)8-16-13(18)9-21-6-7-22-10-15(20)3-1-4-15/h11-12,14,17,19-20H,1-10H2,(H,16,18). The lowest BCUT2D eigenvalue weighted by Crippen LogP contribution is -2.50. The molecule has 134 valence electrons. The van der Waals surface area contributed by atoms with Gasteiger partial charge in [-0.05, 0) is 25.7 Å². The Bertz CT molecular complexity index is 375. The maximum Gasteiger partial charge on any atom is 0.246 e. The lowest BCUT2D eigenvalue weighted by molar-refractivity contribution is -0.140. The number of hydrogen-bond acceptors (Lipinski definition) is 7. The zero-order chi connectivity index (χ0) is 16.7. The maximum atomic E-state index is 11.6. The number of aliphatic hydroxyl groups is 3. The molecule has 8 nitrogen and oxygen atoms in total. The minimum Gasteiger partial charge on any atom is -0.390 e. The normalized spacial score (nSPS) is 29.8. The molecule has 2 rings (SSSR count). The van der Waals surface area contributed by atoms with Crippen molar-refractivity contribution in [3.63, 3.8) is 0 Å². The molecule has 0 aromatic heterocycles. The zero-order valence-electron chi connectivity index (χ0n) is 13.3. The summed E-state index contributed by atoms with van der Waals surface area (Å²) in [5.41, 5.74) is -0.664. The predicted molar refractivity (Wildman–Crippen MR) is 79.8 cm³/mol. The zero-order valence-corrected chi connectivity index (χ0v) is 13.3. The van der Waals surface area contributed by atoms with Crippen LogP contribution in [-0.2, 0) is 19.0 Å². The number of amides is 1. The third-order valence-corrected chi connectivity index (χ3v) is 4.28. The van der Waals surface area contributed by atoms with E-state index >= 15 is 0 Å². The van der Waals surface area contributed by atoms with E-state index in [1.165, 1.54) is 0 Å². The third kappa shape index (κ3) is 5.98. The second kappa shape index (κ2) is 8.91. The first-order valence-electron chi connectivity index (χ1n) is 8.12. The minimum absolute atomic E-state index is 0.112. The van der Waals surface area contributed by atoms with Crippen LogP contribution in [0.25, 0.3) is 0 Å². The van der Waals surface area contributed by atoms with Gasteiger partial charge in [-0.3, -0.25) is 4.79 Å². The summed E-state index contributed by atoms with van der Waals surface area (Å²) in [5, 5.41) is 31.6. The Labute approximate surface area is 135 Å². The van der Waals surface area contributed by atoms with Gasteiger partial charge in [0.2, 0.25) is 5.91 Å². The van der Waals surface area contributed by atoms with Crippen LogP contribution in [0.15, 0.2) is 0 Å². The molecule has 23 heavy (non-hydrogen) atoms. The Balaban J connectivity index is 1.47. The van der Waals surface area contributed by atoms with Crippen molar-refractivity contribution in [2.24, 2.45) is 0 Å². The topological polar surface area (TPSA) is 117 Å². The van der Waals surface area contributed by atoms with Crippen LogP contribution >= 0.6 is 0 Å². The van der Waals surface area contributed by atoms with Gasteiger partial charge in [0, 0.05) is 13.2 Å². The Morgan fingerprint density at radius 2 is 2.00 bits per heavy atom. The summed E-state index contributed by atoms with van der Waals surface area (Å²) in [4.78, 5) is 11.6. The summed E-state index contributed by atoms with van der Waals surface area (Å²) >= 11 is 0. The van der Waals surface area contributed by atoms with Crippen LogP contribution in [0.5, 0.6) is 0 Å². The highest BCUT2D eigenvalue weighted by Crippen LogP contribution is 2.31. The highest BCUT2D eigenvalue weighted by atomic mass is 16.5. The second-order valence-electron chi connectivity index (χ2n) is 6.24. The van der Waals surface area contributed by atoms with E-state index in [9.17, 15) is 20.1 Å². The number of hydrogen-bond donors (Lipinski definition) is 4. The maximum absolute atomic E-state index is 11.6. The second-order valence-corrected chi connectivity index (χ2v) is 6.24. The van der Waals surface area contributed by atoms with Crippen LogP contribution in [-0.4, -0.2) is 84.7 Å². The molecule has 2 fully saturated rings. The summed E-state index contributed by atoms with van der Waals surface area (Å²) in [6, 6.07) is 0. The molecule has 1 aliphatic carbocycles. The molecule has 1 aliphatic heterocycles. The summed E-state index contributed by atoms with van der Waals surface area (Å²) in [7, 11) is 0. The van der Waals surface area contributed by atoms with Crippen LogP contribution in [0.3, 0.4) is 0 Å². The summed E-state index contributed by atoms with van der Waals surface area (Å²) < 4.78 is 15.8. The van der Waals surface area contributed by atoms with Gasteiger partial charge in [-0.1, -0.05) is 0 Å². The van der Waals surface area contributed by atoms with Crippen LogP contribution in [0, 0.1) is 0 Å². The number of carbonyl (C=O) groups excluding carboxylic acids is 1. The molecule has 1 saturated heterocycles. The van der Waals surface area contributed by atoms with E-state index in [0.717, 1.165) is 19.3 Å². The first-order valence-corrected chi connectivity index (χ1v) is 8.12. The highest BCUT2D eigenvalue weighted by Gasteiger charge is 2.34. The number of nitrogens with one attached hydrogen (secondary N) is 1. The van der Waals surface area contributed by atoms with Gasteiger partial charge < -0.3 is 34.8 Å². The Hall–Kier alpha value is -0.770. The number of carbonyl (C=O) groups is 1. The van der Waals surface area contributed by atoms with Crippen molar-refractivity contribution in [2.45, 2.75) is 49.6 Å². The van der Waals surface area contributed by atoms with Gasteiger partial charge in [-0.2, -0.15) is 0 Å². The van der Waals surface area contributed by atoms with Gasteiger partial charge in [-0.25, -0.2) is 0 Å². The molecule has 4 N–H and O–H groups in total. The van der Waals surface area contributed by atoms with Crippen molar-refractivity contribution in [2.75, 3.05) is 39.6 Å². The molecule has 3 atom stereocenters.